The van der Waals surface area contributed by atoms with E-state index < -0.39 is 5.54 Å². The summed E-state index contributed by atoms with van der Waals surface area (Å²) >= 11 is 0. The number of esters is 1. The van der Waals surface area contributed by atoms with E-state index in [1.807, 2.05) is 30.3 Å². The van der Waals surface area contributed by atoms with E-state index >= 15 is 0 Å². The molecule has 0 saturated heterocycles. The van der Waals surface area contributed by atoms with Crippen molar-refractivity contribution in [3.63, 3.8) is 0 Å². The monoisotopic (exact) mass is 278 g/mol. The number of hydrogen-bond donors (Lipinski definition) is 1. The Balaban J connectivity index is 3.11. The van der Waals surface area contributed by atoms with Gasteiger partial charge in [-0.3, -0.25) is 4.90 Å². The van der Waals surface area contributed by atoms with Gasteiger partial charge in [0, 0.05) is 12.6 Å². The first-order valence-electron chi connectivity index (χ1n) is 7.21. The summed E-state index contributed by atoms with van der Waals surface area (Å²) in [5.41, 5.74) is 6.11. The van der Waals surface area contributed by atoms with Gasteiger partial charge in [0.2, 0.25) is 0 Å². The Kier molecular flexibility index (Phi) is 6.17. The van der Waals surface area contributed by atoms with Gasteiger partial charge in [0.05, 0.1) is 6.61 Å². The Morgan fingerprint density at radius 3 is 2.35 bits per heavy atom. The zero-order valence-electron chi connectivity index (χ0n) is 12.9. The predicted octanol–water partition coefficient (Wildman–Crippen LogP) is 2.13. The van der Waals surface area contributed by atoms with Crippen LogP contribution in [0.4, 0.5) is 0 Å². The molecule has 0 spiro atoms. The van der Waals surface area contributed by atoms with Crippen molar-refractivity contribution in [3.05, 3.63) is 35.9 Å². The molecule has 2 N–H and O–H groups in total. The third-order valence-corrected chi connectivity index (χ3v) is 3.52. The van der Waals surface area contributed by atoms with Gasteiger partial charge >= 0.3 is 5.97 Å². The highest BCUT2D eigenvalue weighted by Gasteiger charge is 2.39. The van der Waals surface area contributed by atoms with Crippen LogP contribution in [0.25, 0.3) is 0 Å². The van der Waals surface area contributed by atoms with E-state index in [1.165, 1.54) is 0 Å². The number of hydrogen-bond acceptors (Lipinski definition) is 4. The highest BCUT2D eigenvalue weighted by molar-refractivity contribution is 5.82. The number of carbonyl (C=O) groups is 1. The van der Waals surface area contributed by atoms with E-state index in [0.717, 1.165) is 12.1 Å². The minimum Gasteiger partial charge on any atom is -0.464 e. The molecule has 1 rings (SSSR count). The smallest absolute Gasteiger partial charge is 0.332 e. The molecular weight excluding hydrogens is 252 g/mol. The quantitative estimate of drug-likeness (QED) is 0.776. The van der Waals surface area contributed by atoms with Crippen LogP contribution < -0.4 is 5.73 Å². The summed E-state index contributed by atoms with van der Waals surface area (Å²) in [7, 11) is 0. The maximum Gasteiger partial charge on any atom is 0.332 e. The molecule has 20 heavy (non-hydrogen) atoms. The average Bonchev–Trinajstić information content (AvgIpc) is 2.45. The predicted molar refractivity (Wildman–Crippen MR) is 81.3 cm³/mol. The van der Waals surface area contributed by atoms with E-state index in [9.17, 15) is 4.79 Å². The molecule has 0 heterocycles. The molecule has 1 atom stereocenters. The largest absolute Gasteiger partial charge is 0.464 e. The summed E-state index contributed by atoms with van der Waals surface area (Å²) in [5, 5.41) is 0. The maximum absolute atomic E-state index is 12.4. The van der Waals surface area contributed by atoms with Gasteiger partial charge in [-0.2, -0.15) is 0 Å². The van der Waals surface area contributed by atoms with Crippen molar-refractivity contribution in [2.24, 2.45) is 5.73 Å². The topological polar surface area (TPSA) is 55.6 Å². The Labute approximate surface area is 121 Å². The molecule has 4 nitrogen and oxygen atoms in total. The van der Waals surface area contributed by atoms with Gasteiger partial charge < -0.3 is 10.5 Å². The van der Waals surface area contributed by atoms with Crippen LogP contribution in [0.3, 0.4) is 0 Å². The van der Waals surface area contributed by atoms with Crippen LogP contribution in [-0.2, 0) is 15.1 Å². The lowest BCUT2D eigenvalue weighted by Crippen LogP contribution is -2.55. The minimum atomic E-state index is -1.13. The molecule has 0 aliphatic carbocycles. The van der Waals surface area contributed by atoms with Crippen LogP contribution in [-0.4, -0.2) is 36.6 Å². The number of carbonyl (C=O) groups excluding carboxylic acids is 1. The highest BCUT2D eigenvalue weighted by Crippen LogP contribution is 2.22. The molecule has 0 aromatic heterocycles. The SMILES string of the molecule is CCOC(=O)C(N)(CN(CC)C(C)C)c1ccccc1. The molecule has 0 fully saturated rings. The van der Waals surface area contributed by atoms with Crippen LogP contribution in [0, 0.1) is 0 Å². The molecule has 1 aromatic carbocycles. The lowest BCUT2D eigenvalue weighted by Gasteiger charge is -2.35. The number of nitrogens with zero attached hydrogens (tertiary/aromatic N) is 1. The van der Waals surface area contributed by atoms with Crippen molar-refractivity contribution >= 4 is 5.97 Å². The summed E-state index contributed by atoms with van der Waals surface area (Å²) in [5.74, 6) is -0.370. The normalized spacial score (nSPS) is 14.3. The molecule has 1 aromatic rings. The first kappa shape index (κ1) is 16.7. The Hall–Kier alpha value is -1.39. The van der Waals surface area contributed by atoms with E-state index in [1.54, 1.807) is 6.92 Å². The molecule has 4 heteroatoms. The van der Waals surface area contributed by atoms with E-state index in [-0.39, 0.29) is 5.97 Å². The Morgan fingerprint density at radius 2 is 1.90 bits per heavy atom. The summed E-state index contributed by atoms with van der Waals surface area (Å²) in [6, 6.07) is 9.77. The molecule has 0 saturated carbocycles. The molecule has 0 radical (unpaired) electrons. The van der Waals surface area contributed by atoms with Crippen LogP contribution in [0.1, 0.15) is 33.3 Å². The summed E-state index contributed by atoms with van der Waals surface area (Å²) in [4.78, 5) is 14.5. The molecule has 0 aliphatic rings. The zero-order valence-corrected chi connectivity index (χ0v) is 12.9. The van der Waals surface area contributed by atoms with Gasteiger partial charge in [-0.05, 0) is 32.9 Å². The second-order valence-electron chi connectivity index (χ2n) is 5.21. The fourth-order valence-corrected chi connectivity index (χ4v) is 2.25. The van der Waals surface area contributed by atoms with Gasteiger partial charge in [0.15, 0.2) is 5.54 Å². The van der Waals surface area contributed by atoms with Crippen molar-refractivity contribution in [1.82, 2.24) is 4.90 Å². The fourth-order valence-electron chi connectivity index (χ4n) is 2.25. The second-order valence-corrected chi connectivity index (χ2v) is 5.21. The van der Waals surface area contributed by atoms with E-state index in [0.29, 0.717) is 19.2 Å². The zero-order chi connectivity index (χ0) is 15.2. The standard InChI is InChI=1S/C16H26N2O2/c1-5-18(13(3)4)12-16(17,15(19)20-6-2)14-10-8-7-9-11-14/h7-11,13H,5-6,12,17H2,1-4H3. The van der Waals surface area contributed by atoms with Crippen molar-refractivity contribution in [2.45, 2.75) is 39.3 Å². The fraction of sp³-hybridized carbons (Fsp3) is 0.562. The second kappa shape index (κ2) is 7.41. The number of rotatable bonds is 7. The van der Waals surface area contributed by atoms with Crippen LogP contribution >= 0.6 is 0 Å². The highest BCUT2D eigenvalue weighted by atomic mass is 16.5. The van der Waals surface area contributed by atoms with Gasteiger partial charge in [-0.15, -0.1) is 0 Å². The first-order chi connectivity index (χ1) is 9.45. The average molecular weight is 278 g/mol. The third kappa shape index (κ3) is 3.81. The molecule has 0 amide bonds. The van der Waals surface area contributed by atoms with Crippen LogP contribution in [0.2, 0.25) is 0 Å². The van der Waals surface area contributed by atoms with Gasteiger partial charge in [0.1, 0.15) is 0 Å². The van der Waals surface area contributed by atoms with Crippen molar-refractivity contribution < 1.29 is 9.53 Å². The van der Waals surface area contributed by atoms with E-state index in [2.05, 4.69) is 25.7 Å². The lowest BCUT2D eigenvalue weighted by atomic mass is 9.90. The molecule has 112 valence electrons. The number of ether oxygens (including phenoxy) is 1. The number of likely N-dealkylation sites (N-methyl/N-ethyl adjacent to an activating group) is 1. The summed E-state index contributed by atoms with van der Waals surface area (Å²) in [6.45, 7) is 9.67. The maximum atomic E-state index is 12.4. The van der Waals surface area contributed by atoms with Crippen molar-refractivity contribution in [2.75, 3.05) is 19.7 Å². The number of nitrogens with two attached hydrogens (primary N) is 1. The Bertz CT molecular complexity index is 420. The van der Waals surface area contributed by atoms with Crippen molar-refractivity contribution in [3.8, 4) is 0 Å². The first-order valence-corrected chi connectivity index (χ1v) is 7.21. The van der Waals surface area contributed by atoms with Gasteiger partial charge in [0.25, 0.3) is 0 Å². The van der Waals surface area contributed by atoms with Crippen LogP contribution in [0.15, 0.2) is 30.3 Å². The van der Waals surface area contributed by atoms with Crippen LogP contribution in [0.5, 0.6) is 0 Å². The lowest BCUT2D eigenvalue weighted by molar-refractivity contribution is -0.151. The summed E-state index contributed by atoms with van der Waals surface area (Å²) in [6.07, 6.45) is 0. The molecule has 1 unspecified atom stereocenters. The Morgan fingerprint density at radius 1 is 1.30 bits per heavy atom. The third-order valence-electron chi connectivity index (χ3n) is 3.52. The number of benzene rings is 1. The minimum absolute atomic E-state index is 0.320. The summed E-state index contributed by atoms with van der Waals surface area (Å²) < 4.78 is 5.20. The molecular formula is C16H26N2O2. The van der Waals surface area contributed by atoms with Gasteiger partial charge in [-0.1, -0.05) is 37.3 Å². The van der Waals surface area contributed by atoms with Crippen molar-refractivity contribution in [1.29, 1.82) is 0 Å². The van der Waals surface area contributed by atoms with E-state index in [4.69, 9.17) is 10.5 Å². The molecule has 0 aliphatic heterocycles. The van der Waals surface area contributed by atoms with Gasteiger partial charge in [-0.25, -0.2) is 4.79 Å². The molecule has 0 bridgehead atoms.